The van der Waals surface area contributed by atoms with E-state index in [0.717, 1.165) is 18.2 Å². The second kappa shape index (κ2) is 22.8. The Labute approximate surface area is 384 Å². The van der Waals surface area contributed by atoms with Crippen LogP contribution in [0.5, 0.6) is 0 Å². The summed E-state index contributed by atoms with van der Waals surface area (Å²) in [7, 11) is 1.14. The lowest BCUT2D eigenvalue weighted by molar-refractivity contribution is -0.148. The van der Waals surface area contributed by atoms with Gasteiger partial charge >= 0.3 is 12.1 Å². The van der Waals surface area contributed by atoms with Crippen LogP contribution in [0.15, 0.2) is 66.0 Å². The summed E-state index contributed by atoms with van der Waals surface area (Å²) in [5, 5.41) is 23.2. The second-order valence-corrected chi connectivity index (χ2v) is 18.6. The average molecular weight is 918 g/mol. The number of nitrogens with one attached hydrogen (secondary N) is 4. The van der Waals surface area contributed by atoms with Crippen LogP contribution in [0.3, 0.4) is 0 Å². The molecule has 8 atom stereocenters. The molecule has 0 unspecified atom stereocenters. The molecule has 5 N–H and O–H groups in total. The van der Waals surface area contributed by atoms with Crippen LogP contribution in [-0.4, -0.2) is 124 Å². The lowest BCUT2D eigenvalue weighted by Crippen LogP contribution is -2.60. The molecule has 0 saturated carbocycles. The zero-order chi connectivity index (χ0) is 47.4. The van der Waals surface area contributed by atoms with Gasteiger partial charge in [0.05, 0.1) is 19.3 Å². The van der Waals surface area contributed by atoms with Gasteiger partial charge in [-0.25, -0.2) is 14.6 Å². The standard InChI is InChI=1S/C47H63N7O10S/c1-8-28(2)37(41(58)52-38(29(3)55)45(61)63-7)51-40(57)35-21-15-23-53(35)43(59)32(25-30-17-11-9-12-18-30)48-39(56)34-27-65-42(49-34)36-22-16-24-54(36)44(60)33(26-31-19-13-10-14-20-31)50-46(62)64-47(4,5)6/h9-14,17-20,27-29,32-33,35-38,55H,8,15-16,21-26H2,1-7H3,(H,48,56)(H,50,62)(H,51,57)(H,52,58)/t28-,29-,32-,33-,35-,36-,37-,38-/m0/s1. The highest BCUT2D eigenvalue weighted by atomic mass is 32.1. The first-order valence-electron chi connectivity index (χ1n) is 22.2. The summed E-state index contributed by atoms with van der Waals surface area (Å²) >= 11 is 1.22. The van der Waals surface area contributed by atoms with E-state index in [1.807, 2.05) is 67.6 Å². The lowest BCUT2D eigenvalue weighted by Gasteiger charge is -2.31. The fourth-order valence-electron chi connectivity index (χ4n) is 8.02. The quantitative estimate of drug-likeness (QED) is 0.115. The zero-order valence-corrected chi connectivity index (χ0v) is 39.0. The van der Waals surface area contributed by atoms with Gasteiger partial charge in [0.1, 0.15) is 40.5 Å². The van der Waals surface area contributed by atoms with E-state index in [2.05, 4.69) is 26.3 Å². The molecule has 65 heavy (non-hydrogen) atoms. The third-order valence-corrected chi connectivity index (χ3v) is 12.5. The van der Waals surface area contributed by atoms with Crippen LogP contribution in [0.25, 0.3) is 0 Å². The number of carbonyl (C=O) groups is 7. The monoisotopic (exact) mass is 917 g/mol. The van der Waals surface area contributed by atoms with Crippen LogP contribution in [-0.2, 0) is 46.3 Å². The summed E-state index contributed by atoms with van der Waals surface area (Å²) < 4.78 is 10.2. The van der Waals surface area contributed by atoms with Crippen LogP contribution in [0.1, 0.15) is 106 Å². The number of hydrogen-bond donors (Lipinski definition) is 5. The van der Waals surface area contributed by atoms with Crippen molar-refractivity contribution in [3.05, 3.63) is 87.9 Å². The summed E-state index contributed by atoms with van der Waals surface area (Å²) in [4.78, 5) is 103. The van der Waals surface area contributed by atoms with Crippen molar-refractivity contribution in [1.82, 2.24) is 36.1 Å². The number of amides is 6. The lowest BCUT2D eigenvalue weighted by atomic mass is 9.97. The van der Waals surface area contributed by atoms with Crippen molar-refractivity contribution in [3.63, 3.8) is 0 Å². The minimum Gasteiger partial charge on any atom is -0.467 e. The van der Waals surface area contributed by atoms with Crippen LogP contribution >= 0.6 is 11.3 Å². The van der Waals surface area contributed by atoms with Gasteiger partial charge in [-0.1, -0.05) is 80.9 Å². The van der Waals surface area contributed by atoms with Crippen LogP contribution in [0.2, 0.25) is 0 Å². The van der Waals surface area contributed by atoms with Gasteiger partial charge in [0.25, 0.3) is 5.91 Å². The number of aliphatic hydroxyl groups excluding tert-OH is 1. The van der Waals surface area contributed by atoms with E-state index in [-0.39, 0.29) is 36.9 Å². The molecular weight excluding hydrogens is 855 g/mol. The fraction of sp³-hybridized carbons (Fsp3) is 0.532. The molecule has 0 aliphatic carbocycles. The number of thiazole rings is 1. The van der Waals surface area contributed by atoms with Crippen molar-refractivity contribution >= 4 is 52.9 Å². The fourth-order valence-corrected chi connectivity index (χ4v) is 8.96. The first kappa shape index (κ1) is 50.1. The molecule has 0 spiro atoms. The Hall–Kier alpha value is -5.88. The maximum atomic E-state index is 14.5. The number of alkyl carbamates (subject to hydrolysis) is 1. The Morgan fingerprint density at radius 2 is 1.37 bits per heavy atom. The molecule has 6 amide bonds. The van der Waals surface area contributed by atoms with Gasteiger partial charge < -0.3 is 45.6 Å². The number of rotatable bonds is 18. The zero-order valence-electron chi connectivity index (χ0n) is 38.2. The summed E-state index contributed by atoms with van der Waals surface area (Å²) in [6.07, 6.45) is 0.922. The van der Waals surface area contributed by atoms with Crippen molar-refractivity contribution in [1.29, 1.82) is 0 Å². The van der Waals surface area contributed by atoms with Gasteiger partial charge in [-0.3, -0.25) is 24.0 Å². The van der Waals surface area contributed by atoms with Crippen molar-refractivity contribution in [2.45, 2.75) is 134 Å². The Morgan fingerprint density at radius 1 is 0.800 bits per heavy atom. The Balaban J connectivity index is 1.33. The van der Waals surface area contributed by atoms with E-state index >= 15 is 0 Å². The van der Waals surface area contributed by atoms with Gasteiger partial charge in [-0.2, -0.15) is 0 Å². The first-order chi connectivity index (χ1) is 30.9. The van der Waals surface area contributed by atoms with E-state index < -0.39 is 83.6 Å². The summed E-state index contributed by atoms with van der Waals surface area (Å²) in [5.41, 5.74) is 0.906. The van der Waals surface area contributed by atoms with Gasteiger partial charge in [-0.15, -0.1) is 11.3 Å². The second-order valence-electron chi connectivity index (χ2n) is 17.7. The molecule has 352 valence electrons. The van der Waals surface area contributed by atoms with Crippen LogP contribution in [0.4, 0.5) is 4.79 Å². The highest BCUT2D eigenvalue weighted by molar-refractivity contribution is 7.09. The molecule has 17 nitrogen and oxygen atoms in total. The highest BCUT2D eigenvalue weighted by Crippen LogP contribution is 2.35. The highest BCUT2D eigenvalue weighted by Gasteiger charge is 2.41. The molecule has 18 heteroatoms. The number of likely N-dealkylation sites (tertiary alicyclic amines) is 2. The number of methoxy groups -OCH3 is 1. The molecular formula is C47H63N7O10S. The van der Waals surface area contributed by atoms with E-state index in [1.165, 1.54) is 23.2 Å². The predicted molar refractivity (Wildman–Crippen MR) is 242 cm³/mol. The number of esters is 1. The van der Waals surface area contributed by atoms with Gasteiger partial charge in [0, 0.05) is 31.3 Å². The molecule has 5 rings (SSSR count). The van der Waals surface area contributed by atoms with Gasteiger partial charge in [-0.05, 0) is 70.4 Å². The molecule has 3 aromatic rings. The minimum absolute atomic E-state index is 0.0588. The maximum absolute atomic E-state index is 14.5. The number of aliphatic hydroxyl groups is 1. The summed E-state index contributed by atoms with van der Waals surface area (Å²) in [5.74, 6) is -3.90. The van der Waals surface area contributed by atoms with Gasteiger partial charge in [0.2, 0.25) is 23.6 Å². The maximum Gasteiger partial charge on any atom is 0.408 e. The topological polar surface area (TPSA) is 226 Å². The Morgan fingerprint density at radius 3 is 1.94 bits per heavy atom. The molecule has 1 aromatic heterocycles. The summed E-state index contributed by atoms with van der Waals surface area (Å²) in [6, 6.07) is 12.6. The van der Waals surface area contributed by atoms with E-state index in [0.29, 0.717) is 43.7 Å². The molecule has 3 heterocycles. The molecule has 2 aliphatic rings. The van der Waals surface area contributed by atoms with Crippen molar-refractivity contribution in [3.8, 4) is 0 Å². The van der Waals surface area contributed by atoms with E-state index in [1.54, 1.807) is 38.0 Å². The number of benzene rings is 2. The Bertz CT molecular complexity index is 2130. The van der Waals surface area contributed by atoms with Crippen molar-refractivity contribution < 1.29 is 48.1 Å². The number of aromatic nitrogens is 1. The number of nitrogens with zero attached hydrogens (tertiary/aromatic N) is 3. The van der Waals surface area contributed by atoms with Crippen LogP contribution < -0.4 is 21.3 Å². The number of ether oxygens (including phenoxy) is 2. The molecule has 2 aliphatic heterocycles. The first-order valence-corrected chi connectivity index (χ1v) is 23.1. The van der Waals surface area contributed by atoms with E-state index in [9.17, 15) is 38.7 Å². The van der Waals surface area contributed by atoms with Gasteiger partial charge in [0.15, 0.2) is 6.04 Å². The SMILES string of the molecule is CC[C@H](C)[C@H](NC(=O)[C@@H]1CCCN1C(=O)[C@H](Cc1ccccc1)NC(=O)c1csc([C@@H]2CCCN2C(=O)[C@H](Cc2ccccc2)NC(=O)OC(C)(C)C)n1)C(=O)N[C@H](C(=O)OC)[C@H](C)O. The molecule has 2 fully saturated rings. The van der Waals surface area contributed by atoms with E-state index in [4.69, 9.17) is 9.47 Å². The predicted octanol–water partition coefficient (Wildman–Crippen LogP) is 3.84. The largest absolute Gasteiger partial charge is 0.467 e. The van der Waals surface area contributed by atoms with Crippen molar-refractivity contribution in [2.75, 3.05) is 20.2 Å². The van der Waals surface area contributed by atoms with Crippen molar-refractivity contribution in [2.24, 2.45) is 5.92 Å². The third kappa shape index (κ3) is 13.6. The Kier molecular flexibility index (Phi) is 17.6. The molecule has 0 radical (unpaired) electrons. The molecule has 0 bridgehead atoms. The normalized spacial score (nSPS) is 18.9. The molecule has 2 saturated heterocycles. The number of carbonyl (C=O) groups excluding carboxylic acids is 7. The smallest absolute Gasteiger partial charge is 0.408 e. The average Bonchev–Trinajstić information content (AvgIpc) is 4.08. The van der Waals surface area contributed by atoms with Crippen LogP contribution in [0, 0.1) is 5.92 Å². The third-order valence-electron chi connectivity index (χ3n) is 11.6. The number of hydrogen-bond acceptors (Lipinski definition) is 12. The summed E-state index contributed by atoms with van der Waals surface area (Å²) in [6.45, 7) is 10.8. The molecule has 2 aromatic carbocycles. The minimum atomic E-state index is -1.36.